The fraction of sp³-hybridized carbons (Fsp3) is 0.436. The Morgan fingerprint density at radius 2 is 1.23 bits per heavy atom. The van der Waals surface area contributed by atoms with Gasteiger partial charge in [-0.1, -0.05) is 62.4 Å². The number of guanidine groups is 1. The number of benzene rings is 2. The maximum atomic E-state index is 13.7. The molecular weight excluding hydrogens is 672 g/mol. The van der Waals surface area contributed by atoms with E-state index >= 15 is 0 Å². The Bertz CT molecular complexity index is 1940. The predicted octanol–water partition coefficient (Wildman–Crippen LogP) is 4.78. The van der Waals surface area contributed by atoms with Gasteiger partial charge in [0.1, 0.15) is 23.7 Å². The van der Waals surface area contributed by atoms with Gasteiger partial charge in [-0.25, -0.2) is 19.8 Å². The number of amides is 3. The molecule has 0 radical (unpaired) electrons. The van der Waals surface area contributed by atoms with Crippen LogP contribution in [0.5, 0.6) is 0 Å². The lowest BCUT2D eigenvalue weighted by molar-refractivity contribution is -0.135. The molecule has 3 fully saturated rings. The molecule has 7 rings (SSSR count). The van der Waals surface area contributed by atoms with Crippen LogP contribution in [0.4, 0.5) is 4.79 Å². The van der Waals surface area contributed by atoms with Crippen LogP contribution in [-0.4, -0.2) is 99.0 Å². The number of alkyl carbamates (subject to hydrolysis) is 1. The van der Waals surface area contributed by atoms with Crippen molar-refractivity contribution in [3.8, 4) is 33.6 Å². The number of nitrogens with zero attached hydrogens (tertiary/aromatic N) is 5. The van der Waals surface area contributed by atoms with Gasteiger partial charge in [0.25, 0.3) is 0 Å². The van der Waals surface area contributed by atoms with Gasteiger partial charge < -0.3 is 40.5 Å². The molecule has 3 aliphatic rings. The van der Waals surface area contributed by atoms with Crippen molar-refractivity contribution in [3.63, 3.8) is 0 Å². The summed E-state index contributed by atoms with van der Waals surface area (Å²) in [6.07, 6.45) is 6.47. The number of hydrogen-bond acceptors (Lipinski definition) is 7. The summed E-state index contributed by atoms with van der Waals surface area (Å²) in [6, 6.07) is 15.2. The molecule has 53 heavy (non-hydrogen) atoms. The Morgan fingerprint density at radius 3 is 1.70 bits per heavy atom. The molecule has 3 aliphatic heterocycles. The summed E-state index contributed by atoms with van der Waals surface area (Å²) in [5.41, 5.74) is 5.95. The smallest absolute Gasteiger partial charge is 0.407 e. The molecule has 278 valence electrons. The average molecular weight is 721 g/mol. The minimum absolute atomic E-state index is 0.0419. The molecule has 5 N–H and O–H groups in total. The molecule has 3 saturated heterocycles. The zero-order valence-electron chi connectivity index (χ0n) is 30.7. The van der Waals surface area contributed by atoms with E-state index in [1.54, 1.807) is 18.0 Å². The lowest BCUT2D eigenvalue weighted by Gasteiger charge is -2.28. The molecule has 3 amide bonds. The summed E-state index contributed by atoms with van der Waals surface area (Å²) >= 11 is 0. The number of rotatable bonds is 10. The number of aliphatic imine (C=N–C) groups is 1. The highest BCUT2D eigenvalue weighted by Crippen LogP contribution is 2.35. The fourth-order valence-corrected chi connectivity index (χ4v) is 7.48. The molecule has 4 aromatic rings. The summed E-state index contributed by atoms with van der Waals surface area (Å²) in [5, 5.41) is 9.01. The topological polar surface area (TPSA) is 173 Å². The Morgan fingerprint density at radius 1 is 0.755 bits per heavy atom. The first-order chi connectivity index (χ1) is 25.7. The van der Waals surface area contributed by atoms with Gasteiger partial charge in [-0.3, -0.25) is 9.59 Å². The molecule has 2 aromatic heterocycles. The van der Waals surface area contributed by atoms with E-state index in [2.05, 4.69) is 84.2 Å². The number of ether oxygens (including phenoxy) is 1. The average Bonchev–Trinajstić information content (AvgIpc) is 4.02. The highest BCUT2D eigenvalue weighted by molar-refractivity contribution is 5.89. The maximum Gasteiger partial charge on any atom is 0.407 e. The maximum absolute atomic E-state index is 13.7. The third-order valence-corrected chi connectivity index (χ3v) is 10.4. The zero-order valence-corrected chi connectivity index (χ0v) is 30.7. The van der Waals surface area contributed by atoms with Crippen molar-refractivity contribution in [2.45, 2.75) is 70.6 Å². The van der Waals surface area contributed by atoms with Gasteiger partial charge in [-0.15, -0.1) is 0 Å². The van der Waals surface area contributed by atoms with E-state index in [1.807, 2.05) is 24.9 Å². The Kier molecular flexibility index (Phi) is 10.5. The first-order valence-electron chi connectivity index (χ1n) is 18.5. The molecular formula is C39H48N10O4. The number of aromatic nitrogens is 4. The van der Waals surface area contributed by atoms with Crippen LogP contribution < -0.4 is 16.0 Å². The molecule has 5 heterocycles. The first kappa shape index (κ1) is 35.7. The van der Waals surface area contributed by atoms with Gasteiger partial charge in [0.15, 0.2) is 5.96 Å². The van der Waals surface area contributed by atoms with Crippen LogP contribution in [0.1, 0.15) is 70.2 Å². The van der Waals surface area contributed by atoms with E-state index in [1.165, 1.54) is 7.11 Å². The minimum Gasteiger partial charge on any atom is -0.453 e. The van der Waals surface area contributed by atoms with E-state index < -0.39 is 18.2 Å². The number of aromatic amines is 2. The van der Waals surface area contributed by atoms with Crippen molar-refractivity contribution in [2.75, 3.05) is 33.3 Å². The van der Waals surface area contributed by atoms with Crippen molar-refractivity contribution in [1.29, 1.82) is 0 Å². The highest BCUT2D eigenvalue weighted by Gasteiger charge is 2.37. The third-order valence-electron chi connectivity index (χ3n) is 10.4. The van der Waals surface area contributed by atoms with Gasteiger partial charge in [0.2, 0.25) is 11.8 Å². The lowest BCUT2D eigenvalue weighted by atomic mass is 10.0. The molecule has 14 nitrogen and oxygen atoms in total. The molecule has 2 aromatic carbocycles. The van der Waals surface area contributed by atoms with Crippen molar-refractivity contribution in [2.24, 2.45) is 10.9 Å². The van der Waals surface area contributed by atoms with Crippen LogP contribution >= 0.6 is 0 Å². The zero-order chi connectivity index (χ0) is 37.1. The molecule has 0 unspecified atom stereocenters. The van der Waals surface area contributed by atoms with Crippen LogP contribution in [0.2, 0.25) is 0 Å². The molecule has 0 bridgehead atoms. The number of nitrogens with one attached hydrogen (secondary N) is 5. The van der Waals surface area contributed by atoms with E-state index in [9.17, 15) is 14.4 Å². The van der Waals surface area contributed by atoms with Gasteiger partial charge in [-0.05, 0) is 60.8 Å². The number of hydrogen-bond donors (Lipinski definition) is 5. The minimum atomic E-state index is -0.697. The summed E-state index contributed by atoms with van der Waals surface area (Å²) in [5.74, 6) is 2.18. The quantitative estimate of drug-likeness (QED) is 0.156. The van der Waals surface area contributed by atoms with Crippen LogP contribution in [0.25, 0.3) is 33.6 Å². The van der Waals surface area contributed by atoms with E-state index in [0.29, 0.717) is 19.0 Å². The molecule has 14 heteroatoms. The fourth-order valence-electron chi connectivity index (χ4n) is 7.48. The second-order valence-electron chi connectivity index (χ2n) is 14.3. The van der Waals surface area contributed by atoms with E-state index in [-0.39, 0.29) is 29.8 Å². The van der Waals surface area contributed by atoms with Crippen LogP contribution in [0.15, 0.2) is 65.9 Å². The van der Waals surface area contributed by atoms with Gasteiger partial charge >= 0.3 is 6.09 Å². The number of imidazole rings is 2. The third kappa shape index (κ3) is 7.62. The van der Waals surface area contributed by atoms with Gasteiger partial charge in [0.05, 0.1) is 43.0 Å². The highest BCUT2D eigenvalue weighted by atomic mass is 16.5. The van der Waals surface area contributed by atoms with Crippen LogP contribution in [0.3, 0.4) is 0 Å². The first-order valence-corrected chi connectivity index (χ1v) is 18.5. The van der Waals surface area contributed by atoms with Crippen molar-refractivity contribution >= 4 is 23.9 Å². The van der Waals surface area contributed by atoms with Gasteiger partial charge in [0, 0.05) is 26.2 Å². The Labute approximate surface area is 309 Å². The summed E-state index contributed by atoms with van der Waals surface area (Å²) in [7, 11) is 1.28. The Hall–Kier alpha value is -5.66. The van der Waals surface area contributed by atoms with Crippen LogP contribution in [0, 0.1) is 5.92 Å². The number of carbonyl (C=O) groups is 3. The number of methoxy groups -OCH3 is 1. The SMILES string of the molecule is COC(=O)N[C@@H](C)C(=O)N1CCC[C@H]1c1ncc(-c2ccc(-c3ccc(-c4cnc([C@@H]5CCCN5C(=O)[C@@H](N=C5NCCN5)C(C)C)[nH]4)cc3)cc2)[nH]1. The molecule has 0 saturated carbocycles. The molecule has 0 spiro atoms. The second-order valence-corrected chi connectivity index (χ2v) is 14.3. The summed E-state index contributed by atoms with van der Waals surface area (Å²) < 4.78 is 4.65. The lowest BCUT2D eigenvalue weighted by Crippen LogP contribution is -2.46. The van der Waals surface area contributed by atoms with Crippen LogP contribution in [-0.2, 0) is 14.3 Å². The summed E-state index contributed by atoms with van der Waals surface area (Å²) in [6.45, 7) is 8.66. The van der Waals surface area contributed by atoms with Gasteiger partial charge in [-0.2, -0.15) is 0 Å². The Balaban J connectivity index is 0.995. The van der Waals surface area contributed by atoms with Crippen molar-refractivity contribution in [1.82, 2.24) is 45.7 Å². The van der Waals surface area contributed by atoms with E-state index in [4.69, 9.17) is 9.98 Å². The second kappa shape index (κ2) is 15.5. The molecule has 0 aliphatic carbocycles. The normalized spacial score (nSPS) is 19.5. The van der Waals surface area contributed by atoms with Crippen molar-refractivity contribution < 1.29 is 19.1 Å². The predicted molar refractivity (Wildman–Crippen MR) is 201 cm³/mol. The number of carbonyl (C=O) groups excluding carboxylic acids is 3. The number of H-pyrrole nitrogens is 2. The molecule has 4 atom stereocenters. The van der Waals surface area contributed by atoms with Crippen molar-refractivity contribution in [3.05, 3.63) is 72.6 Å². The van der Waals surface area contributed by atoms with E-state index in [0.717, 1.165) is 84.1 Å². The monoisotopic (exact) mass is 720 g/mol. The summed E-state index contributed by atoms with van der Waals surface area (Å²) in [4.78, 5) is 63.2. The standard InChI is InChI=1S/C39H48N10O4/c1-23(2)33(47-38-40-17-18-41-38)37(51)49-20-6-8-32(49)35-43-22-30(46-35)28-15-11-26(12-16-28)25-9-13-27(14-10-25)29-21-42-34(45-29)31-7-5-19-48(31)36(50)24(3)44-39(52)53-4/h9-16,21-24,31-33H,5-8,17-20H2,1-4H3,(H,42,45)(H,43,46)(H,44,52)(H2,40,41,47)/t24-,31-,32-,33-/m0/s1. The number of likely N-dealkylation sites (tertiary alicyclic amines) is 2. The largest absolute Gasteiger partial charge is 0.453 e.